The molecule has 1 fully saturated rings. The summed E-state index contributed by atoms with van der Waals surface area (Å²) in [6.45, 7) is 4.33. The SMILES string of the molecule is CC(C)C1CN(c2ncccn2)CCN1C(=O)c1ccc(-c2ccc(C(F)(F)CF)cc2)cc1. The molecule has 0 N–H and O–H groups in total. The van der Waals surface area contributed by atoms with Gasteiger partial charge in [0.25, 0.3) is 5.91 Å². The van der Waals surface area contributed by atoms with Crippen LogP contribution in [0.1, 0.15) is 29.8 Å². The molecule has 3 aromatic rings. The fourth-order valence-corrected chi connectivity index (χ4v) is 4.22. The number of amides is 1. The number of benzene rings is 2. The smallest absolute Gasteiger partial charge is 0.301 e. The Bertz CT molecular complexity index is 1110. The second-order valence-electron chi connectivity index (χ2n) is 8.80. The molecule has 0 saturated carbocycles. The maximum Gasteiger partial charge on any atom is 0.301 e. The number of anilines is 1. The Morgan fingerprint density at radius 2 is 1.59 bits per heavy atom. The highest BCUT2D eigenvalue weighted by Crippen LogP contribution is 2.31. The molecule has 0 bridgehead atoms. The molecule has 1 aliphatic heterocycles. The number of alkyl halides is 3. The molecule has 1 atom stereocenters. The van der Waals surface area contributed by atoms with E-state index in [9.17, 15) is 18.0 Å². The van der Waals surface area contributed by atoms with Gasteiger partial charge in [0.2, 0.25) is 5.95 Å². The first-order valence-electron chi connectivity index (χ1n) is 11.3. The van der Waals surface area contributed by atoms with E-state index in [1.807, 2.05) is 4.90 Å². The predicted octanol–water partition coefficient (Wildman–Crippen LogP) is 5.19. The van der Waals surface area contributed by atoms with Crippen molar-refractivity contribution in [3.63, 3.8) is 0 Å². The average Bonchev–Trinajstić information content (AvgIpc) is 2.88. The molecule has 0 aliphatic carbocycles. The number of hydrogen-bond donors (Lipinski definition) is 0. The Morgan fingerprint density at radius 3 is 2.15 bits per heavy atom. The number of nitrogens with zero attached hydrogens (tertiary/aromatic N) is 4. The highest BCUT2D eigenvalue weighted by Gasteiger charge is 2.34. The normalized spacial score (nSPS) is 16.7. The van der Waals surface area contributed by atoms with E-state index in [-0.39, 0.29) is 23.4 Å². The van der Waals surface area contributed by atoms with Gasteiger partial charge in [-0.05, 0) is 35.2 Å². The van der Waals surface area contributed by atoms with Crippen molar-refractivity contribution in [2.45, 2.75) is 25.8 Å². The molecule has 1 aliphatic rings. The van der Waals surface area contributed by atoms with Crippen molar-refractivity contribution in [1.29, 1.82) is 0 Å². The highest BCUT2D eigenvalue weighted by atomic mass is 19.3. The lowest BCUT2D eigenvalue weighted by atomic mass is 9.97. The third kappa shape index (κ3) is 4.90. The van der Waals surface area contributed by atoms with Crippen molar-refractivity contribution in [2.75, 3.05) is 31.2 Å². The summed E-state index contributed by atoms with van der Waals surface area (Å²) in [6.07, 6.45) is 3.43. The van der Waals surface area contributed by atoms with E-state index in [0.29, 0.717) is 36.7 Å². The van der Waals surface area contributed by atoms with Crippen molar-refractivity contribution in [3.8, 4) is 11.1 Å². The Balaban J connectivity index is 1.48. The molecule has 2 aromatic carbocycles. The van der Waals surface area contributed by atoms with E-state index in [2.05, 4.69) is 28.7 Å². The Labute approximate surface area is 197 Å². The summed E-state index contributed by atoms with van der Waals surface area (Å²) >= 11 is 0. The number of halogens is 3. The molecular formula is C26H27F3N4O. The molecule has 5 nitrogen and oxygen atoms in total. The van der Waals surface area contributed by atoms with Crippen LogP contribution < -0.4 is 4.90 Å². The second-order valence-corrected chi connectivity index (χ2v) is 8.80. The minimum Gasteiger partial charge on any atom is -0.337 e. The maximum atomic E-state index is 13.5. The minimum atomic E-state index is -3.49. The Kier molecular flexibility index (Phi) is 6.86. The van der Waals surface area contributed by atoms with Crippen LogP contribution in [0.5, 0.6) is 0 Å². The van der Waals surface area contributed by atoms with E-state index in [1.54, 1.807) is 42.7 Å². The van der Waals surface area contributed by atoms with Crippen molar-refractivity contribution in [2.24, 2.45) is 5.92 Å². The van der Waals surface area contributed by atoms with Gasteiger partial charge in [-0.15, -0.1) is 0 Å². The number of piperazine rings is 1. The van der Waals surface area contributed by atoms with Gasteiger partial charge in [0, 0.05) is 43.2 Å². The van der Waals surface area contributed by atoms with Crippen LogP contribution in [0.15, 0.2) is 67.0 Å². The van der Waals surface area contributed by atoms with E-state index >= 15 is 0 Å². The molecule has 178 valence electrons. The van der Waals surface area contributed by atoms with E-state index in [0.717, 1.165) is 5.56 Å². The zero-order valence-electron chi connectivity index (χ0n) is 19.2. The monoisotopic (exact) mass is 468 g/mol. The molecule has 1 amide bonds. The molecule has 1 unspecified atom stereocenters. The standard InChI is InChI=1S/C26H27F3N4O/c1-18(2)23-16-32(25-30-12-3-13-31-25)14-15-33(23)24(34)21-6-4-19(5-7-21)20-8-10-22(11-9-20)26(28,29)17-27/h3-13,18,23H,14-17H2,1-2H3. The van der Waals surface area contributed by atoms with E-state index in [4.69, 9.17) is 0 Å². The molecular weight excluding hydrogens is 441 g/mol. The second kappa shape index (κ2) is 9.83. The summed E-state index contributed by atoms with van der Waals surface area (Å²) in [5, 5.41) is 0. The first kappa shape index (κ1) is 23.7. The summed E-state index contributed by atoms with van der Waals surface area (Å²) in [5.74, 6) is -2.62. The van der Waals surface area contributed by atoms with Gasteiger partial charge in [-0.3, -0.25) is 4.79 Å². The third-order valence-electron chi connectivity index (χ3n) is 6.22. The topological polar surface area (TPSA) is 49.3 Å². The number of rotatable bonds is 6. The molecule has 2 heterocycles. The van der Waals surface area contributed by atoms with Gasteiger partial charge in [0.05, 0.1) is 6.04 Å². The quantitative estimate of drug-likeness (QED) is 0.500. The van der Waals surface area contributed by atoms with Crippen LogP contribution in [0, 0.1) is 5.92 Å². The van der Waals surface area contributed by atoms with Crippen molar-refractivity contribution < 1.29 is 18.0 Å². The number of carbonyl (C=O) groups excluding carboxylic acids is 1. The highest BCUT2D eigenvalue weighted by molar-refractivity contribution is 5.95. The Morgan fingerprint density at radius 1 is 1.00 bits per heavy atom. The van der Waals surface area contributed by atoms with Gasteiger partial charge in [-0.1, -0.05) is 50.2 Å². The number of carbonyl (C=O) groups is 1. The lowest BCUT2D eigenvalue weighted by Crippen LogP contribution is -2.57. The van der Waals surface area contributed by atoms with Gasteiger partial charge in [0.15, 0.2) is 6.67 Å². The van der Waals surface area contributed by atoms with Crippen molar-refractivity contribution in [3.05, 3.63) is 78.1 Å². The van der Waals surface area contributed by atoms with Crippen molar-refractivity contribution >= 4 is 11.9 Å². The summed E-state index contributed by atoms with van der Waals surface area (Å²) < 4.78 is 39.6. The van der Waals surface area contributed by atoms with Crippen LogP contribution in [-0.2, 0) is 5.92 Å². The van der Waals surface area contributed by atoms with Crippen LogP contribution in [0.3, 0.4) is 0 Å². The zero-order valence-corrected chi connectivity index (χ0v) is 19.2. The molecule has 1 aromatic heterocycles. The lowest BCUT2D eigenvalue weighted by molar-refractivity contribution is -0.0280. The first-order chi connectivity index (χ1) is 16.3. The molecule has 34 heavy (non-hydrogen) atoms. The largest absolute Gasteiger partial charge is 0.337 e. The van der Waals surface area contributed by atoms with Gasteiger partial charge in [0.1, 0.15) is 0 Å². The zero-order chi connectivity index (χ0) is 24.3. The summed E-state index contributed by atoms with van der Waals surface area (Å²) in [5.41, 5.74) is 1.72. The van der Waals surface area contributed by atoms with Gasteiger partial charge in [-0.25, -0.2) is 14.4 Å². The maximum absolute atomic E-state index is 13.5. The van der Waals surface area contributed by atoms with Crippen LogP contribution >= 0.6 is 0 Å². The van der Waals surface area contributed by atoms with Crippen LogP contribution in [0.4, 0.5) is 19.1 Å². The summed E-state index contributed by atoms with van der Waals surface area (Å²) in [4.78, 5) is 26.0. The van der Waals surface area contributed by atoms with E-state index < -0.39 is 12.6 Å². The third-order valence-corrected chi connectivity index (χ3v) is 6.22. The van der Waals surface area contributed by atoms with Gasteiger partial charge < -0.3 is 9.80 Å². The van der Waals surface area contributed by atoms with Crippen LogP contribution in [0.25, 0.3) is 11.1 Å². The molecule has 0 radical (unpaired) electrons. The van der Waals surface area contributed by atoms with Crippen LogP contribution in [-0.4, -0.2) is 53.1 Å². The lowest BCUT2D eigenvalue weighted by Gasteiger charge is -2.43. The molecule has 1 saturated heterocycles. The molecule has 0 spiro atoms. The molecule has 8 heteroatoms. The minimum absolute atomic E-state index is 0.00875. The van der Waals surface area contributed by atoms with Crippen molar-refractivity contribution in [1.82, 2.24) is 14.9 Å². The van der Waals surface area contributed by atoms with Crippen LogP contribution in [0.2, 0.25) is 0 Å². The average molecular weight is 469 g/mol. The van der Waals surface area contributed by atoms with Gasteiger partial charge >= 0.3 is 5.92 Å². The molecule has 4 rings (SSSR count). The Hall–Kier alpha value is -3.42. The fourth-order valence-electron chi connectivity index (χ4n) is 4.22. The number of hydrogen-bond acceptors (Lipinski definition) is 4. The number of aromatic nitrogens is 2. The fraction of sp³-hybridized carbons (Fsp3) is 0.346. The van der Waals surface area contributed by atoms with E-state index in [1.165, 1.54) is 24.3 Å². The predicted molar refractivity (Wildman–Crippen MR) is 126 cm³/mol. The summed E-state index contributed by atoms with van der Waals surface area (Å²) in [7, 11) is 0. The van der Waals surface area contributed by atoms with Gasteiger partial charge in [-0.2, -0.15) is 8.78 Å². The summed E-state index contributed by atoms with van der Waals surface area (Å²) in [6, 6.07) is 14.4. The first-order valence-corrected chi connectivity index (χ1v) is 11.3.